The first-order chi connectivity index (χ1) is 7.79. The second-order valence-corrected chi connectivity index (χ2v) is 4.06. The molecule has 1 atom stereocenters. The third-order valence-electron chi connectivity index (χ3n) is 2.87. The van der Waals surface area contributed by atoms with Crippen LogP contribution in [0, 0.1) is 0 Å². The molecule has 1 aliphatic rings. The predicted octanol–water partition coefficient (Wildman–Crippen LogP) is 3.05. The average molecular weight is 216 g/mol. The second-order valence-electron chi connectivity index (χ2n) is 4.06. The molecule has 1 unspecified atom stereocenters. The van der Waals surface area contributed by atoms with E-state index >= 15 is 0 Å². The summed E-state index contributed by atoms with van der Waals surface area (Å²) in [4.78, 5) is 12.1. The maximum absolute atomic E-state index is 12.1. The maximum Gasteiger partial charge on any atom is 0.204 e. The van der Waals surface area contributed by atoms with Crippen molar-refractivity contribution in [1.29, 1.82) is 0 Å². The number of benzene rings is 1. The summed E-state index contributed by atoms with van der Waals surface area (Å²) in [7, 11) is 0. The van der Waals surface area contributed by atoms with Gasteiger partial charge >= 0.3 is 0 Å². The van der Waals surface area contributed by atoms with Gasteiger partial charge in [0.15, 0.2) is 5.76 Å². The fourth-order valence-electron chi connectivity index (χ4n) is 1.84. The molecule has 0 N–H and O–H groups in total. The third kappa shape index (κ3) is 2.32. The molecule has 84 valence electrons. The summed E-state index contributed by atoms with van der Waals surface area (Å²) in [5.41, 5.74) is 1.04. The third-order valence-corrected chi connectivity index (χ3v) is 2.87. The molecule has 0 saturated heterocycles. The normalized spacial score (nSPS) is 17.2. The highest BCUT2D eigenvalue weighted by molar-refractivity contribution is 5.98. The average Bonchev–Trinajstić information content (AvgIpc) is 2.39. The fraction of sp³-hybridized carbons (Fsp3) is 0.357. The molecule has 1 heterocycles. The largest absolute Gasteiger partial charge is 0.490 e. The Morgan fingerprint density at radius 1 is 1.31 bits per heavy atom. The summed E-state index contributed by atoms with van der Waals surface area (Å²) < 4.78 is 5.39. The van der Waals surface area contributed by atoms with Crippen LogP contribution in [0.4, 0.5) is 0 Å². The van der Waals surface area contributed by atoms with Gasteiger partial charge in [-0.25, -0.2) is 0 Å². The van der Waals surface area contributed by atoms with Crippen molar-refractivity contribution >= 4 is 5.78 Å². The number of rotatable bonds is 3. The van der Waals surface area contributed by atoms with E-state index in [1.807, 2.05) is 43.3 Å². The minimum absolute atomic E-state index is 0.0888. The van der Waals surface area contributed by atoms with E-state index in [0.29, 0.717) is 12.4 Å². The second kappa shape index (κ2) is 4.97. The quantitative estimate of drug-likeness (QED) is 0.776. The maximum atomic E-state index is 12.1. The lowest BCUT2D eigenvalue weighted by molar-refractivity contribution is -0.120. The van der Waals surface area contributed by atoms with Crippen molar-refractivity contribution in [3.63, 3.8) is 0 Å². The van der Waals surface area contributed by atoms with E-state index in [1.165, 1.54) is 0 Å². The zero-order valence-corrected chi connectivity index (χ0v) is 9.48. The Balaban J connectivity index is 2.13. The van der Waals surface area contributed by atoms with Gasteiger partial charge in [0.05, 0.1) is 6.61 Å². The first-order valence-electron chi connectivity index (χ1n) is 5.71. The zero-order valence-electron chi connectivity index (χ0n) is 9.48. The van der Waals surface area contributed by atoms with Gasteiger partial charge < -0.3 is 4.74 Å². The summed E-state index contributed by atoms with van der Waals surface area (Å²) in [6.07, 6.45) is 3.87. The van der Waals surface area contributed by atoms with Crippen LogP contribution in [0.5, 0.6) is 0 Å². The first-order valence-corrected chi connectivity index (χ1v) is 5.71. The molecule has 0 amide bonds. The molecule has 1 aliphatic heterocycles. The van der Waals surface area contributed by atoms with Gasteiger partial charge in [0.1, 0.15) is 0 Å². The zero-order chi connectivity index (χ0) is 11.4. The van der Waals surface area contributed by atoms with Crippen molar-refractivity contribution in [2.24, 2.45) is 0 Å². The Morgan fingerprint density at radius 2 is 2.06 bits per heavy atom. The topological polar surface area (TPSA) is 26.3 Å². The van der Waals surface area contributed by atoms with Crippen LogP contribution in [-0.2, 0) is 9.53 Å². The molecule has 0 spiro atoms. The predicted molar refractivity (Wildman–Crippen MR) is 63.1 cm³/mol. The minimum atomic E-state index is -0.120. The van der Waals surface area contributed by atoms with Crippen LogP contribution in [-0.4, -0.2) is 12.4 Å². The number of hydrogen-bond donors (Lipinski definition) is 0. The highest BCUT2D eigenvalue weighted by atomic mass is 16.5. The molecule has 1 aromatic carbocycles. The Labute approximate surface area is 95.9 Å². The first kappa shape index (κ1) is 10.9. The Morgan fingerprint density at radius 3 is 2.69 bits per heavy atom. The van der Waals surface area contributed by atoms with E-state index in [2.05, 4.69) is 0 Å². The van der Waals surface area contributed by atoms with E-state index < -0.39 is 0 Å². The lowest BCUT2D eigenvalue weighted by atomic mass is 9.95. The summed E-state index contributed by atoms with van der Waals surface area (Å²) in [6, 6.07) is 9.82. The molecular weight excluding hydrogens is 200 g/mol. The van der Waals surface area contributed by atoms with Gasteiger partial charge in [-0.3, -0.25) is 4.79 Å². The number of Topliss-reactive ketones (excluding diaryl/α,β-unsaturated/α-hetero) is 1. The smallest absolute Gasteiger partial charge is 0.204 e. The van der Waals surface area contributed by atoms with E-state index in [1.54, 1.807) is 0 Å². The summed E-state index contributed by atoms with van der Waals surface area (Å²) in [5.74, 6) is 0.513. The Kier molecular flexibility index (Phi) is 3.40. The number of hydrogen-bond acceptors (Lipinski definition) is 2. The monoisotopic (exact) mass is 216 g/mol. The molecule has 0 fully saturated rings. The lowest BCUT2D eigenvalue weighted by Gasteiger charge is -2.17. The molecule has 0 radical (unpaired) electrons. The van der Waals surface area contributed by atoms with Crippen LogP contribution in [0.1, 0.15) is 31.2 Å². The van der Waals surface area contributed by atoms with Crippen molar-refractivity contribution in [3.05, 3.63) is 47.7 Å². The molecule has 1 aromatic rings. The van der Waals surface area contributed by atoms with Crippen LogP contribution >= 0.6 is 0 Å². The Hall–Kier alpha value is -1.57. The van der Waals surface area contributed by atoms with Crippen molar-refractivity contribution in [1.82, 2.24) is 0 Å². The van der Waals surface area contributed by atoms with Gasteiger partial charge in [0.2, 0.25) is 5.78 Å². The van der Waals surface area contributed by atoms with Crippen LogP contribution in [0.2, 0.25) is 0 Å². The number of carbonyl (C=O) groups is 1. The van der Waals surface area contributed by atoms with Gasteiger partial charge in [-0.05, 0) is 24.5 Å². The van der Waals surface area contributed by atoms with E-state index in [4.69, 9.17) is 4.74 Å². The number of allylic oxidation sites excluding steroid dienone is 2. The highest BCUT2D eigenvalue weighted by Crippen LogP contribution is 2.22. The van der Waals surface area contributed by atoms with Crippen LogP contribution < -0.4 is 0 Å². The van der Waals surface area contributed by atoms with E-state index in [0.717, 1.165) is 18.4 Å². The molecule has 16 heavy (non-hydrogen) atoms. The van der Waals surface area contributed by atoms with Gasteiger partial charge in [-0.1, -0.05) is 37.3 Å². The van der Waals surface area contributed by atoms with Crippen LogP contribution in [0.15, 0.2) is 42.2 Å². The van der Waals surface area contributed by atoms with Crippen LogP contribution in [0.25, 0.3) is 0 Å². The van der Waals surface area contributed by atoms with Crippen molar-refractivity contribution < 1.29 is 9.53 Å². The van der Waals surface area contributed by atoms with Gasteiger partial charge in [-0.15, -0.1) is 0 Å². The molecule has 2 rings (SSSR count). The van der Waals surface area contributed by atoms with E-state index in [-0.39, 0.29) is 11.7 Å². The summed E-state index contributed by atoms with van der Waals surface area (Å²) in [5, 5.41) is 0. The number of ether oxygens (including phenoxy) is 1. The number of carbonyl (C=O) groups excluding carboxylic acids is 1. The van der Waals surface area contributed by atoms with Crippen molar-refractivity contribution in [3.8, 4) is 0 Å². The molecule has 0 saturated carbocycles. The lowest BCUT2D eigenvalue weighted by Crippen LogP contribution is -2.16. The molecule has 0 aliphatic carbocycles. The summed E-state index contributed by atoms with van der Waals surface area (Å²) in [6.45, 7) is 2.59. The number of ketones is 1. The van der Waals surface area contributed by atoms with E-state index in [9.17, 15) is 4.79 Å². The molecule has 2 nitrogen and oxygen atoms in total. The minimum Gasteiger partial charge on any atom is -0.490 e. The van der Waals surface area contributed by atoms with Crippen molar-refractivity contribution in [2.75, 3.05) is 6.61 Å². The van der Waals surface area contributed by atoms with Gasteiger partial charge in [0, 0.05) is 5.92 Å². The van der Waals surface area contributed by atoms with Crippen LogP contribution in [0.3, 0.4) is 0 Å². The Bertz CT molecular complexity index is 392. The molecule has 2 heteroatoms. The molecule has 0 bridgehead atoms. The van der Waals surface area contributed by atoms with Crippen molar-refractivity contribution in [2.45, 2.75) is 25.7 Å². The molecular formula is C14H16O2. The van der Waals surface area contributed by atoms with Gasteiger partial charge in [-0.2, -0.15) is 0 Å². The highest BCUT2D eigenvalue weighted by Gasteiger charge is 2.21. The molecule has 0 aromatic heterocycles. The van der Waals surface area contributed by atoms with Gasteiger partial charge in [0.25, 0.3) is 0 Å². The SMILES string of the molecule is CC(C(=O)C1=CCCCO1)c1ccccc1. The standard InChI is InChI=1S/C14H16O2/c1-11(12-7-3-2-4-8-12)14(15)13-9-5-6-10-16-13/h2-4,7-9,11H,5-6,10H2,1H3. The summed E-state index contributed by atoms with van der Waals surface area (Å²) >= 11 is 0. The fourth-order valence-corrected chi connectivity index (χ4v) is 1.84.